The predicted octanol–water partition coefficient (Wildman–Crippen LogP) is -6.75. The number of hydrogen-bond donors (Lipinski definition) is 12. The van der Waals surface area contributed by atoms with Crippen LogP contribution >= 0.6 is 0 Å². The molecule has 16 N–H and O–H groups in total. The molecule has 0 aromatic carbocycles. The number of carbonyl (C=O) groups excluding carboxylic acids is 1. The third kappa shape index (κ3) is 6.16. The van der Waals surface area contributed by atoms with Crippen molar-refractivity contribution in [3.63, 3.8) is 0 Å². The molecule has 16 heteroatoms. The molecule has 0 aromatic rings. The first-order valence-electron chi connectivity index (χ1n) is 13.9. The second-order valence-electron chi connectivity index (χ2n) is 11.7. The van der Waals surface area contributed by atoms with Gasteiger partial charge in [0.2, 0.25) is 0 Å². The number of aliphatic hydroxyl groups excluding tert-OH is 5. The summed E-state index contributed by atoms with van der Waals surface area (Å²) in [5.74, 6) is -1.66. The average Bonchev–Trinajstić information content (AvgIpc) is 2.89. The average molecular weight is 579 g/mol. The zero-order valence-electron chi connectivity index (χ0n) is 22.5. The van der Waals surface area contributed by atoms with Crippen molar-refractivity contribution in [3.05, 3.63) is 0 Å². The lowest BCUT2D eigenvalue weighted by Gasteiger charge is -2.52. The standard InChI is InChI=1S/C24H46N6O10/c1-2-29-6-12-16(32)18(34)15(28)21(39-12)13-9(26)3-10(30-23(36)24(37)4-8(25)5-24)20(17(13)33)40-22-19(35)14(27)11(31)7-38-22/h8-22,29,31-35,37H,2-7,25-28H2,1H3,(H,30,36). The number of amides is 1. The Morgan fingerprint density at radius 3 is 2.30 bits per heavy atom. The van der Waals surface area contributed by atoms with Crippen LogP contribution in [0.3, 0.4) is 0 Å². The number of nitrogens with one attached hydrogen (secondary N) is 2. The molecule has 0 bridgehead atoms. The Hall–Kier alpha value is -1.09. The van der Waals surface area contributed by atoms with Crippen LogP contribution in [0.1, 0.15) is 26.2 Å². The van der Waals surface area contributed by atoms with E-state index in [4.69, 9.17) is 37.1 Å². The number of nitrogens with two attached hydrogens (primary N) is 4. The second kappa shape index (κ2) is 12.6. The van der Waals surface area contributed by atoms with E-state index >= 15 is 0 Å². The van der Waals surface area contributed by atoms with Crippen molar-refractivity contribution in [2.45, 2.75) is 117 Å². The van der Waals surface area contributed by atoms with E-state index in [-0.39, 0.29) is 38.5 Å². The lowest BCUT2D eigenvalue weighted by molar-refractivity contribution is -0.285. The van der Waals surface area contributed by atoms with Gasteiger partial charge < -0.3 is 78.4 Å². The Kier molecular flexibility index (Phi) is 10.1. The SMILES string of the molecule is CCNCC1OC(C2C(N)CC(NC(=O)C3(O)CC(N)C3)C(OC3OCC(O)C(N)C3O)C2O)C(N)C(O)C1O. The first-order chi connectivity index (χ1) is 18.8. The summed E-state index contributed by atoms with van der Waals surface area (Å²) in [6.45, 7) is 2.42. The van der Waals surface area contributed by atoms with E-state index in [1.54, 1.807) is 0 Å². The van der Waals surface area contributed by atoms with Crippen LogP contribution in [0.15, 0.2) is 0 Å². The highest BCUT2D eigenvalue weighted by Crippen LogP contribution is 2.37. The van der Waals surface area contributed by atoms with Gasteiger partial charge in [0.05, 0.1) is 49.1 Å². The third-order valence-corrected chi connectivity index (χ3v) is 8.74. The molecule has 4 rings (SSSR count). The van der Waals surface area contributed by atoms with Gasteiger partial charge in [-0.05, 0) is 13.0 Å². The van der Waals surface area contributed by atoms with Gasteiger partial charge in [0, 0.05) is 37.4 Å². The van der Waals surface area contributed by atoms with Gasteiger partial charge in [0.15, 0.2) is 6.29 Å². The maximum Gasteiger partial charge on any atom is 0.252 e. The zero-order chi connectivity index (χ0) is 29.5. The molecule has 1 amide bonds. The molecule has 232 valence electrons. The van der Waals surface area contributed by atoms with Gasteiger partial charge in [-0.3, -0.25) is 4.79 Å². The molecule has 2 heterocycles. The van der Waals surface area contributed by atoms with Crippen molar-refractivity contribution >= 4 is 5.91 Å². The molecule has 14 atom stereocenters. The van der Waals surface area contributed by atoms with Crippen LogP contribution < -0.4 is 33.6 Å². The Morgan fingerprint density at radius 2 is 1.68 bits per heavy atom. The number of likely N-dealkylation sites (N-methyl/N-ethyl adjacent to an activating group) is 1. The van der Waals surface area contributed by atoms with Crippen molar-refractivity contribution in [2.24, 2.45) is 28.9 Å². The van der Waals surface area contributed by atoms with Crippen molar-refractivity contribution in [1.82, 2.24) is 10.6 Å². The van der Waals surface area contributed by atoms with Gasteiger partial charge in [-0.2, -0.15) is 0 Å². The van der Waals surface area contributed by atoms with Gasteiger partial charge in [-0.25, -0.2) is 0 Å². The highest BCUT2D eigenvalue weighted by Gasteiger charge is 2.56. The summed E-state index contributed by atoms with van der Waals surface area (Å²) in [6.07, 6.45) is -11.1. The van der Waals surface area contributed by atoms with Gasteiger partial charge >= 0.3 is 0 Å². The van der Waals surface area contributed by atoms with E-state index in [0.29, 0.717) is 6.54 Å². The van der Waals surface area contributed by atoms with E-state index in [9.17, 15) is 35.4 Å². The van der Waals surface area contributed by atoms with Gasteiger partial charge in [0.1, 0.15) is 30.0 Å². The number of aliphatic hydroxyl groups is 6. The van der Waals surface area contributed by atoms with E-state index < -0.39 is 96.7 Å². The molecule has 16 nitrogen and oxygen atoms in total. The van der Waals surface area contributed by atoms with Gasteiger partial charge in [-0.15, -0.1) is 0 Å². The summed E-state index contributed by atoms with van der Waals surface area (Å²) in [7, 11) is 0. The van der Waals surface area contributed by atoms with E-state index in [0.717, 1.165) is 0 Å². The number of hydrogen-bond acceptors (Lipinski definition) is 15. The summed E-state index contributed by atoms with van der Waals surface area (Å²) in [5, 5.41) is 69.8. The second-order valence-corrected chi connectivity index (χ2v) is 11.7. The summed E-state index contributed by atoms with van der Waals surface area (Å²) >= 11 is 0. The number of ether oxygens (including phenoxy) is 3. The minimum absolute atomic E-state index is 0.0286. The van der Waals surface area contributed by atoms with Crippen LogP contribution in [0.4, 0.5) is 0 Å². The third-order valence-electron chi connectivity index (χ3n) is 8.74. The molecule has 0 spiro atoms. The summed E-state index contributed by atoms with van der Waals surface area (Å²) in [6, 6.07) is -4.34. The highest BCUT2D eigenvalue weighted by molar-refractivity contribution is 5.86. The molecule has 2 aliphatic carbocycles. The molecular formula is C24H46N6O10. The zero-order valence-corrected chi connectivity index (χ0v) is 22.5. The molecule has 4 fully saturated rings. The molecule has 4 aliphatic rings. The Balaban J connectivity index is 1.58. The van der Waals surface area contributed by atoms with E-state index in [1.165, 1.54) is 0 Å². The largest absolute Gasteiger partial charge is 0.390 e. The van der Waals surface area contributed by atoms with Crippen LogP contribution in [0.2, 0.25) is 0 Å². The van der Waals surface area contributed by atoms with Crippen molar-refractivity contribution in [2.75, 3.05) is 19.7 Å². The Bertz CT molecular complexity index is 870. The van der Waals surface area contributed by atoms with Crippen LogP contribution in [0.25, 0.3) is 0 Å². The Labute approximate surface area is 232 Å². The fraction of sp³-hybridized carbons (Fsp3) is 0.958. The van der Waals surface area contributed by atoms with Crippen LogP contribution in [0.5, 0.6) is 0 Å². The molecule has 0 aromatic heterocycles. The minimum Gasteiger partial charge on any atom is -0.390 e. The first-order valence-corrected chi connectivity index (χ1v) is 13.9. The van der Waals surface area contributed by atoms with Crippen molar-refractivity contribution in [3.8, 4) is 0 Å². The number of carbonyl (C=O) groups is 1. The Morgan fingerprint density at radius 1 is 1.00 bits per heavy atom. The minimum atomic E-state index is -1.68. The summed E-state index contributed by atoms with van der Waals surface area (Å²) < 4.78 is 17.6. The molecule has 40 heavy (non-hydrogen) atoms. The first kappa shape index (κ1) is 31.8. The summed E-state index contributed by atoms with van der Waals surface area (Å²) in [5.41, 5.74) is 22.7. The predicted molar refractivity (Wildman–Crippen MR) is 138 cm³/mol. The fourth-order valence-electron chi connectivity index (χ4n) is 6.25. The highest BCUT2D eigenvalue weighted by atomic mass is 16.7. The maximum absolute atomic E-state index is 13.0. The lowest BCUT2D eigenvalue weighted by atomic mass is 9.71. The molecule has 2 saturated carbocycles. The molecule has 2 aliphatic heterocycles. The van der Waals surface area contributed by atoms with E-state index in [1.807, 2.05) is 6.92 Å². The molecule has 14 unspecified atom stereocenters. The molecule has 0 radical (unpaired) electrons. The van der Waals surface area contributed by atoms with Gasteiger partial charge in [-0.1, -0.05) is 6.92 Å². The van der Waals surface area contributed by atoms with Crippen LogP contribution in [0, 0.1) is 5.92 Å². The topological polar surface area (TPSA) is 294 Å². The monoisotopic (exact) mass is 578 g/mol. The van der Waals surface area contributed by atoms with E-state index in [2.05, 4.69) is 10.6 Å². The maximum atomic E-state index is 13.0. The fourth-order valence-corrected chi connectivity index (χ4v) is 6.25. The van der Waals surface area contributed by atoms with Crippen LogP contribution in [-0.4, -0.2) is 147 Å². The van der Waals surface area contributed by atoms with Crippen LogP contribution in [-0.2, 0) is 19.0 Å². The van der Waals surface area contributed by atoms with Crippen molar-refractivity contribution < 1.29 is 49.6 Å². The van der Waals surface area contributed by atoms with Gasteiger partial charge in [0.25, 0.3) is 5.91 Å². The molecular weight excluding hydrogens is 532 g/mol. The lowest BCUT2D eigenvalue weighted by Crippen LogP contribution is -2.72. The smallest absolute Gasteiger partial charge is 0.252 e. The summed E-state index contributed by atoms with van der Waals surface area (Å²) in [4.78, 5) is 13.0. The molecule has 2 saturated heterocycles. The normalized spacial score (nSPS) is 51.6. The quantitative estimate of drug-likeness (QED) is 0.127. The number of rotatable bonds is 8. The van der Waals surface area contributed by atoms with Crippen molar-refractivity contribution in [1.29, 1.82) is 0 Å².